The zero-order valence-corrected chi connectivity index (χ0v) is 24.3. The predicted molar refractivity (Wildman–Crippen MR) is 161 cm³/mol. The first-order valence-electron chi connectivity index (χ1n) is 13.1. The van der Waals surface area contributed by atoms with Crippen molar-refractivity contribution in [2.45, 2.75) is 24.7 Å². The van der Waals surface area contributed by atoms with Gasteiger partial charge in [0.05, 0.1) is 23.3 Å². The van der Waals surface area contributed by atoms with Gasteiger partial charge in [0.1, 0.15) is 5.75 Å². The minimum atomic E-state index is -3.64. The normalized spacial score (nSPS) is 15.0. The molecule has 0 bridgehead atoms. The summed E-state index contributed by atoms with van der Waals surface area (Å²) in [6.07, 6.45) is 0.813. The summed E-state index contributed by atoms with van der Waals surface area (Å²) in [6, 6.07) is 21.3. The Kier molecular flexibility index (Phi) is 8.48. The van der Waals surface area contributed by atoms with Crippen LogP contribution in [0.1, 0.15) is 35.7 Å². The van der Waals surface area contributed by atoms with Crippen molar-refractivity contribution in [2.24, 2.45) is 11.0 Å². The number of carbonyl (C=O) groups excluding carboxylic acids is 2. The fraction of sp³-hybridized carbons (Fsp3) is 0.233. The molecule has 1 saturated heterocycles. The van der Waals surface area contributed by atoms with E-state index in [0.717, 1.165) is 15.6 Å². The number of ether oxygens (including phenoxy) is 1. The Morgan fingerprint density at radius 3 is 2.34 bits per heavy atom. The van der Waals surface area contributed by atoms with Gasteiger partial charge in [0, 0.05) is 40.2 Å². The second kappa shape index (κ2) is 12.2. The Hall–Kier alpha value is -4.06. The highest BCUT2D eigenvalue weighted by Gasteiger charge is 2.32. The fourth-order valence-electron chi connectivity index (χ4n) is 4.70. The van der Waals surface area contributed by atoms with Gasteiger partial charge in [-0.3, -0.25) is 9.59 Å². The van der Waals surface area contributed by atoms with E-state index in [2.05, 4.69) is 15.8 Å². The molecule has 212 valence electrons. The van der Waals surface area contributed by atoms with E-state index in [1.165, 1.54) is 34.9 Å². The monoisotopic (exact) mass is 590 g/mol. The van der Waals surface area contributed by atoms with Gasteiger partial charge in [0.15, 0.2) is 0 Å². The molecular weight excluding hydrogens is 560 g/mol. The number of thiophene rings is 1. The Balaban J connectivity index is 1.13. The molecule has 0 atom stereocenters. The number of nitrogens with zero attached hydrogens (tertiary/aromatic N) is 2. The highest BCUT2D eigenvalue weighted by Crippen LogP contribution is 2.27. The number of hydrogen-bond acceptors (Lipinski definition) is 7. The SMILES string of the molecule is COc1ccc(S(=O)(=O)N2CCC(C(=O)N/N=C(\C)c3ccc(NC(=O)c4csc5ccccc45)cc3)CC2)cc1. The lowest BCUT2D eigenvalue weighted by Gasteiger charge is -2.30. The standard InChI is InChI=1S/C30H30N4O5S2/c1-20(21-7-9-23(10-8-21)31-30(36)27-19-40-28-6-4-3-5-26(27)28)32-33-29(35)22-15-17-34(18-16-22)41(37,38)25-13-11-24(39-2)12-14-25/h3-14,19,22H,15-18H2,1-2H3,(H,31,36)(H,33,35)/b32-20+. The number of hydrazone groups is 1. The van der Waals surface area contributed by atoms with Gasteiger partial charge in [-0.2, -0.15) is 9.41 Å². The number of sulfonamides is 1. The van der Waals surface area contributed by atoms with Gasteiger partial charge in [-0.1, -0.05) is 30.3 Å². The molecule has 1 aliphatic heterocycles. The highest BCUT2D eigenvalue weighted by molar-refractivity contribution is 7.89. The van der Waals surface area contributed by atoms with Crippen molar-refractivity contribution in [3.05, 3.63) is 89.3 Å². The molecule has 9 nitrogen and oxygen atoms in total. The quantitative estimate of drug-likeness (QED) is 0.219. The molecule has 0 spiro atoms. The Morgan fingerprint density at radius 2 is 1.66 bits per heavy atom. The van der Waals surface area contributed by atoms with Crippen LogP contribution in [-0.2, 0) is 14.8 Å². The molecule has 11 heteroatoms. The van der Waals surface area contributed by atoms with Crippen LogP contribution >= 0.6 is 11.3 Å². The third-order valence-corrected chi connectivity index (χ3v) is 10.0. The average molecular weight is 591 g/mol. The van der Waals surface area contributed by atoms with E-state index in [9.17, 15) is 18.0 Å². The summed E-state index contributed by atoms with van der Waals surface area (Å²) >= 11 is 1.53. The first kappa shape index (κ1) is 28.5. The van der Waals surface area contributed by atoms with Gasteiger partial charge in [-0.05, 0) is 67.8 Å². The minimum absolute atomic E-state index is 0.171. The number of fused-ring (bicyclic) bond motifs is 1. The van der Waals surface area contributed by atoms with E-state index in [4.69, 9.17) is 4.74 Å². The van der Waals surface area contributed by atoms with Crippen LogP contribution < -0.4 is 15.5 Å². The molecular formula is C30H30N4O5S2. The van der Waals surface area contributed by atoms with Crippen molar-refractivity contribution in [3.8, 4) is 5.75 Å². The van der Waals surface area contributed by atoms with Crippen molar-refractivity contribution in [2.75, 3.05) is 25.5 Å². The molecule has 3 aromatic carbocycles. The highest BCUT2D eigenvalue weighted by atomic mass is 32.2. The molecule has 0 unspecified atom stereocenters. The number of nitrogens with one attached hydrogen (secondary N) is 2. The first-order valence-corrected chi connectivity index (χ1v) is 15.4. The molecule has 1 aliphatic rings. The van der Waals surface area contributed by atoms with Crippen LogP contribution in [0, 0.1) is 5.92 Å². The zero-order valence-electron chi connectivity index (χ0n) is 22.7. The van der Waals surface area contributed by atoms with Gasteiger partial charge >= 0.3 is 0 Å². The number of methoxy groups -OCH3 is 1. The summed E-state index contributed by atoms with van der Waals surface area (Å²) in [5.74, 6) is -0.158. The van der Waals surface area contributed by atoms with Crippen LogP contribution in [0.3, 0.4) is 0 Å². The number of hydrogen-bond donors (Lipinski definition) is 2. The fourth-order valence-corrected chi connectivity index (χ4v) is 7.11. The Bertz CT molecular complexity index is 1690. The van der Waals surface area contributed by atoms with Gasteiger partial charge in [0.25, 0.3) is 5.91 Å². The molecule has 2 N–H and O–H groups in total. The van der Waals surface area contributed by atoms with Crippen LogP contribution in [-0.4, -0.2) is 50.4 Å². The number of carbonyl (C=O) groups is 2. The number of rotatable bonds is 8. The number of benzene rings is 3. The van der Waals surface area contributed by atoms with Gasteiger partial charge in [-0.25, -0.2) is 13.8 Å². The number of amides is 2. The van der Waals surface area contributed by atoms with Crippen molar-refractivity contribution in [1.82, 2.24) is 9.73 Å². The van der Waals surface area contributed by atoms with Crippen LogP contribution in [0.15, 0.2) is 88.2 Å². The largest absolute Gasteiger partial charge is 0.497 e. The van der Waals surface area contributed by atoms with Crippen molar-refractivity contribution in [3.63, 3.8) is 0 Å². The predicted octanol–water partition coefficient (Wildman–Crippen LogP) is 5.10. The van der Waals surface area contributed by atoms with Crippen molar-refractivity contribution < 1.29 is 22.7 Å². The van der Waals surface area contributed by atoms with E-state index in [1.54, 1.807) is 31.2 Å². The maximum absolute atomic E-state index is 13.0. The maximum Gasteiger partial charge on any atom is 0.257 e. The van der Waals surface area contributed by atoms with E-state index < -0.39 is 10.0 Å². The van der Waals surface area contributed by atoms with E-state index in [-0.39, 0.29) is 35.7 Å². The van der Waals surface area contributed by atoms with Gasteiger partial charge in [0.2, 0.25) is 15.9 Å². The summed E-state index contributed by atoms with van der Waals surface area (Å²) in [6.45, 7) is 2.29. The van der Waals surface area contributed by atoms with Crippen LogP contribution in [0.4, 0.5) is 5.69 Å². The maximum atomic E-state index is 13.0. The molecule has 2 heterocycles. The summed E-state index contributed by atoms with van der Waals surface area (Å²) in [7, 11) is -2.11. The van der Waals surface area contributed by atoms with Crippen molar-refractivity contribution >= 4 is 54.7 Å². The first-order chi connectivity index (χ1) is 19.8. The average Bonchev–Trinajstić information content (AvgIpc) is 3.44. The summed E-state index contributed by atoms with van der Waals surface area (Å²) in [5.41, 5.74) is 5.33. The zero-order chi connectivity index (χ0) is 29.0. The Labute approximate surface area is 242 Å². The van der Waals surface area contributed by atoms with Gasteiger partial charge < -0.3 is 10.1 Å². The third-order valence-electron chi connectivity index (χ3n) is 7.14. The number of piperidine rings is 1. The van der Waals surface area contributed by atoms with Crippen LogP contribution in [0.2, 0.25) is 0 Å². The lowest BCUT2D eigenvalue weighted by Crippen LogP contribution is -2.42. The molecule has 0 radical (unpaired) electrons. The molecule has 0 aliphatic carbocycles. The second-order valence-corrected chi connectivity index (χ2v) is 12.6. The molecule has 4 aromatic rings. The lowest BCUT2D eigenvalue weighted by molar-refractivity contribution is -0.126. The second-order valence-electron chi connectivity index (χ2n) is 9.70. The van der Waals surface area contributed by atoms with Gasteiger partial charge in [-0.15, -0.1) is 11.3 Å². The Morgan fingerprint density at radius 1 is 0.976 bits per heavy atom. The smallest absolute Gasteiger partial charge is 0.257 e. The number of anilines is 1. The molecule has 0 saturated carbocycles. The molecule has 2 amide bonds. The summed E-state index contributed by atoms with van der Waals surface area (Å²) < 4.78 is 33.5. The molecule has 41 heavy (non-hydrogen) atoms. The van der Waals surface area contributed by atoms with Crippen LogP contribution in [0.25, 0.3) is 10.1 Å². The molecule has 1 aromatic heterocycles. The van der Waals surface area contributed by atoms with E-state index in [0.29, 0.717) is 35.6 Å². The van der Waals surface area contributed by atoms with E-state index >= 15 is 0 Å². The minimum Gasteiger partial charge on any atom is -0.497 e. The summed E-state index contributed by atoms with van der Waals surface area (Å²) in [5, 5.41) is 9.97. The van der Waals surface area contributed by atoms with Crippen molar-refractivity contribution in [1.29, 1.82) is 0 Å². The van der Waals surface area contributed by atoms with E-state index in [1.807, 2.05) is 41.8 Å². The topological polar surface area (TPSA) is 117 Å². The third kappa shape index (κ3) is 6.32. The molecule has 1 fully saturated rings. The van der Waals surface area contributed by atoms with Crippen LogP contribution in [0.5, 0.6) is 5.75 Å². The molecule has 5 rings (SSSR count). The lowest BCUT2D eigenvalue weighted by atomic mass is 9.98. The summed E-state index contributed by atoms with van der Waals surface area (Å²) in [4.78, 5) is 25.8.